The number of furan rings is 1. The number of nitrogens with zero attached hydrogens (tertiary/aromatic N) is 1. The van der Waals surface area contributed by atoms with Gasteiger partial charge in [0.2, 0.25) is 0 Å². The molecule has 1 unspecified atom stereocenters. The molecule has 0 saturated heterocycles. The standard InChI is InChI=1S/C14H26N2O/c1-4-8-16(9-5-2)13(3)11-15-12-14-7-6-10-17-14/h6-7,10,13,15H,4-5,8-9,11-12H2,1-3H3. The van der Waals surface area contributed by atoms with E-state index < -0.39 is 0 Å². The molecule has 98 valence electrons. The molecule has 0 spiro atoms. The minimum absolute atomic E-state index is 0.588. The molecular weight excluding hydrogens is 212 g/mol. The predicted octanol–water partition coefficient (Wildman–Crippen LogP) is 2.88. The monoisotopic (exact) mass is 238 g/mol. The Morgan fingerprint density at radius 2 is 2.00 bits per heavy atom. The Hall–Kier alpha value is -0.800. The molecule has 1 aromatic rings. The summed E-state index contributed by atoms with van der Waals surface area (Å²) in [6.07, 6.45) is 4.17. The molecule has 0 bridgehead atoms. The predicted molar refractivity (Wildman–Crippen MR) is 72.0 cm³/mol. The van der Waals surface area contributed by atoms with Crippen LogP contribution in [0.3, 0.4) is 0 Å². The van der Waals surface area contributed by atoms with Gasteiger partial charge < -0.3 is 9.73 Å². The summed E-state index contributed by atoms with van der Waals surface area (Å²) in [5.41, 5.74) is 0. The van der Waals surface area contributed by atoms with E-state index in [1.807, 2.05) is 12.1 Å². The highest BCUT2D eigenvalue weighted by Crippen LogP contribution is 2.03. The Morgan fingerprint density at radius 3 is 2.53 bits per heavy atom. The van der Waals surface area contributed by atoms with E-state index in [-0.39, 0.29) is 0 Å². The maximum absolute atomic E-state index is 5.29. The second-order valence-electron chi connectivity index (χ2n) is 4.60. The first-order valence-electron chi connectivity index (χ1n) is 6.75. The van der Waals surface area contributed by atoms with E-state index in [1.54, 1.807) is 6.26 Å². The molecule has 1 aromatic heterocycles. The Morgan fingerprint density at radius 1 is 1.29 bits per heavy atom. The fourth-order valence-corrected chi connectivity index (χ4v) is 2.07. The van der Waals surface area contributed by atoms with Crippen molar-refractivity contribution in [3.63, 3.8) is 0 Å². The molecule has 1 heterocycles. The Bertz CT molecular complexity index is 266. The third-order valence-corrected chi connectivity index (χ3v) is 2.96. The molecule has 0 saturated carbocycles. The van der Waals surface area contributed by atoms with Crippen LogP contribution >= 0.6 is 0 Å². The highest BCUT2D eigenvalue weighted by Gasteiger charge is 2.11. The smallest absolute Gasteiger partial charge is 0.117 e. The van der Waals surface area contributed by atoms with Crippen LogP contribution in [0.5, 0.6) is 0 Å². The van der Waals surface area contributed by atoms with Crippen LogP contribution in [-0.2, 0) is 6.54 Å². The van der Waals surface area contributed by atoms with Gasteiger partial charge in [0.25, 0.3) is 0 Å². The molecule has 0 aliphatic rings. The van der Waals surface area contributed by atoms with Crippen molar-refractivity contribution in [1.29, 1.82) is 0 Å². The van der Waals surface area contributed by atoms with Gasteiger partial charge >= 0.3 is 0 Å². The number of hydrogen-bond acceptors (Lipinski definition) is 3. The average molecular weight is 238 g/mol. The summed E-state index contributed by atoms with van der Waals surface area (Å²) < 4.78 is 5.29. The summed E-state index contributed by atoms with van der Waals surface area (Å²) in [4.78, 5) is 2.55. The van der Waals surface area contributed by atoms with Crippen LogP contribution in [0.1, 0.15) is 39.4 Å². The average Bonchev–Trinajstić information content (AvgIpc) is 2.81. The SMILES string of the molecule is CCCN(CCC)C(C)CNCc1ccco1. The topological polar surface area (TPSA) is 28.4 Å². The van der Waals surface area contributed by atoms with Gasteiger partial charge in [0.15, 0.2) is 0 Å². The number of nitrogens with one attached hydrogen (secondary N) is 1. The first-order valence-corrected chi connectivity index (χ1v) is 6.75. The molecule has 1 atom stereocenters. The Labute approximate surface area is 105 Å². The van der Waals surface area contributed by atoms with Crippen LogP contribution in [0.2, 0.25) is 0 Å². The van der Waals surface area contributed by atoms with Gasteiger partial charge in [-0.3, -0.25) is 4.90 Å². The summed E-state index contributed by atoms with van der Waals surface area (Å²) in [5, 5.41) is 3.45. The number of hydrogen-bond donors (Lipinski definition) is 1. The van der Waals surface area contributed by atoms with Crippen LogP contribution in [-0.4, -0.2) is 30.6 Å². The van der Waals surface area contributed by atoms with E-state index in [2.05, 4.69) is 31.0 Å². The van der Waals surface area contributed by atoms with Gasteiger partial charge in [-0.1, -0.05) is 13.8 Å². The van der Waals surface area contributed by atoms with Crippen molar-refractivity contribution in [3.05, 3.63) is 24.2 Å². The van der Waals surface area contributed by atoms with Crippen molar-refractivity contribution in [2.24, 2.45) is 0 Å². The van der Waals surface area contributed by atoms with Crippen LogP contribution in [0, 0.1) is 0 Å². The maximum Gasteiger partial charge on any atom is 0.117 e. The Kier molecular flexibility index (Phi) is 6.97. The zero-order chi connectivity index (χ0) is 12.5. The van der Waals surface area contributed by atoms with E-state index >= 15 is 0 Å². The summed E-state index contributed by atoms with van der Waals surface area (Å²) in [6, 6.07) is 4.53. The fourth-order valence-electron chi connectivity index (χ4n) is 2.07. The molecule has 3 heteroatoms. The summed E-state index contributed by atoms with van der Waals surface area (Å²) >= 11 is 0. The van der Waals surface area contributed by atoms with Gasteiger partial charge in [-0.15, -0.1) is 0 Å². The zero-order valence-electron chi connectivity index (χ0n) is 11.4. The van der Waals surface area contributed by atoms with Crippen molar-refractivity contribution in [2.75, 3.05) is 19.6 Å². The molecule has 0 aliphatic carbocycles. The lowest BCUT2D eigenvalue weighted by atomic mass is 10.2. The van der Waals surface area contributed by atoms with Crippen molar-refractivity contribution < 1.29 is 4.42 Å². The molecule has 0 fully saturated rings. The molecular formula is C14H26N2O. The van der Waals surface area contributed by atoms with Gasteiger partial charge in [-0.25, -0.2) is 0 Å². The van der Waals surface area contributed by atoms with E-state index in [0.29, 0.717) is 6.04 Å². The van der Waals surface area contributed by atoms with Gasteiger partial charge in [-0.2, -0.15) is 0 Å². The first kappa shape index (κ1) is 14.3. The van der Waals surface area contributed by atoms with Crippen LogP contribution < -0.4 is 5.32 Å². The molecule has 0 aliphatic heterocycles. The Balaban J connectivity index is 2.23. The third-order valence-electron chi connectivity index (χ3n) is 2.96. The lowest BCUT2D eigenvalue weighted by Crippen LogP contribution is -2.41. The molecule has 0 radical (unpaired) electrons. The van der Waals surface area contributed by atoms with Crippen LogP contribution in [0.25, 0.3) is 0 Å². The lowest BCUT2D eigenvalue weighted by molar-refractivity contribution is 0.203. The minimum atomic E-state index is 0.588. The summed E-state index contributed by atoms with van der Waals surface area (Å²) in [6.45, 7) is 11.0. The number of rotatable bonds is 9. The molecule has 1 rings (SSSR count). The van der Waals surface area contributed by atoms with E-state index in [0.717, 1.165) is 18.8 Å². The van der Waals surface area contributed by atoms with Gasteiger partial charge in [0, 0.05) is 12.6 Å². The minimum Gasteiger partial charge on any atom is -0.468 e. The van der Waals surface area contributed by atoms with Gasteiger partial charge in [0.1, 0.15) is 5.76 Å². The molecule has 0 aromatic carbocycles. The van der Waals surface area contributed by atoms with E-state index in [4.69, 9.17) is 4.42 Å². The van der Waals surface area contributed by atoms with Crippen molar-refractivity contribution in [2.45, 2.75) is 46.2 Å². The second-order valence-corrected chi connectivity index (χ2v) is 4.60. The zero-order valence-corrected chi connectivity index (χ0v) is 11.4. The summed E-state index contributed by atoms with van der Waals surface area (Å²) in [5.74, 6) is 1.01. The quantitative estimate of drug-likeness (QED) is 0.717. The van der Waals surface area contributed by atoms with E-state index in [1.165, 1.54) is 25.9 Å². The normalized spacial score (nSPS) is 13.2. The van der Waals surface area contributed by atoms with Gasteiger partial charge in [-0.05, 0) is 45.0 Å². The molecule has 17 heavy (non-hydrogen) atoms. The lowest BCUT2D eigenvalue weighted by Gasteiger charge is -2.28. The van der Waals surface area contributed by atoms with Crippen LogP contribution in [0.4, 0.5) is 0 Å². The highest BCUT2D eigenvalue weighted by molar-refractivity contribution is 4.97. The largest absolute Gasteiger partial charge is 0.468 e. The van der Waals surface area contributed by atoms with Gasteiger partial charge in [0.05, 0.1) is 12.8 Å². The first-order chi connectivity index (χ1) is 8.27. The van der Waals surface area contributed by atoms with Crippen molar-refractivity contribution >= 4 is 0 Å². The highest BCUT2D eigenvalue weighted by atomic mass is 16.3. The molecule has 0 amide bonds. The summed E-state index contributed by atoms with van der Waals surface area (Å²) in [7, 11) is 0. The molecule has 1 N–H and O–H groups in total. The third kappa shape index (κ3) is 5.37. The van der Waals surface area contributed by atoms with Crippen LogP contribution in [0.15, 0.2) is 22.8 Å². The fraction of sp³-hybridized carbons (Fsp3) is 0.714. The van der Waals surface area contributed by atoms with Crippen molar-refractivity contribution in [3.8, 4) is 0 Å². The van der Waals surface area contributed by atoms with E-state index in [9.17, 15) is 0 Å². The second kappa shape index (κ2) is 8.31. The van der Waals surface area contributed by atoms with Crippen molar-refractivity contribution in [1.82, 2.24) is 10.2 Å². The molecule has 3 nitrogen and oxygen atoms in total. The maximum atomic E-state index is 5.29.